The number of benzene rings is 2. The molecule has 0 saturated heterocycles. The molecular formula is C15H11NO4. The Morgan fingerprint density at radius 3 is 2.50 bits per heavy atom. The van der Waals surface area contributed by atoms with Gasteiger partial charge in [-0.05, 0) is 35.0 Å². The van der Waals surface area contributed by atoms with Gasteiger partial charge in [-0.15, -0.1) is 4.91 Å². The van der Waals surface area contributed by atoms with Gasteiger partial charge in [0.15, 0.2) is 0 Å². The van der Waals surface area contributed by atoms with Gasteiger partial charge in [-0.3, -0.25) is 0 Å². The van der Waals surface area contributed by atoms with Crippen LogP contribution in [0.2, 0.25) is 0 Å². The summed E-state index contributed by atoms with van der Waals surface area (Å²) in [7, 11) is 0. The highest BCUT2D eigenvalue weighted by molar-refractivity contribution is 5.92. The van der Waals surface area contributed by atoms with Crippen molar-refractivity contribution in [2.75, 3.05) is 0 Å². The molecule has 0 spiro atoms. The fourth-order valence-electron chi connectivity index (χ4n) is 1.60. The normalized spacial score (nSPS) is 9.80. The second kappa shape index (κ2) is 5.79. The van der Waals surface area contributed by atoms with Crippen LogP contribution >= 0.6 is 0 Å². The number of nitrogens with zero attached hydrogens (tertiary/aromatic N) is 1. The smallest absolute Gasteiger partial charge is 0.343 e. The molecule has 0 radical (unpaired) electrons. The summed E-state index contributed by atoms with van der Waals surface area (Å²) in [6.45, 7) is 3.62. The second-order valence-corrected chi connectivity index (χ2v) is 3.99. The lowest BCUT2D eigenvalue weighted by Crippen LogP contribution is -2.08. The first-order valence-corrected chi connectivity index (χ1v) is 5.74. The van der Waals surface area contributed by atoms with Gasteiger partial charge in [-0.1, -0.05) is 24.8 Å². The van der Waals surface area contributed by atoms with Crippen LogP contribution in [0.25, 0.3) is 6.08 Å². The average molecular weight is 269 g/mol. The van der Waals surface area contributed by atoms with Crippen LogP contribution in [0.5, 0.6) is 11.5 Å². The molecule has 0 bridgehead atoms. The summed E-state index contributed by atoms with van der Waals surface area (Å²) in [5.41, 5.74) is 0.904. The summed E-state index contributed by atoms with van der Waals surface area (Å²) in [5, 5.41) is 12.1. The van der Waals surface area contributed by atoms with E-state index in [9.17, 15) is 14.8 Å². The Hall–Kier alpha value is -2.95. The number of phenols is 1. The Balaban J connectivity index is 2.20. The highest BCUT2D eigenvalue weighted by Gasteiger charge is 2.11. The lowest BCUT2D eigenvalue weighted by Gasteiger charge is -2.05. The van der Waals surface area contributed by atoms with Crippen molar-refractivity contribution in [3.05, 3.63) is 65.1 Å². The van der Waals surface area contributed by atoms with Crippen LogP contribution < -0.4 is 4.74 Å². The standard InChI is InChI=1S/C15H11NO4/c1-2-10-3-5-14(6-4-10)20-15(18)11-7-12(16-19)9-13(17)8-11/h2-9,17H,1H2. The molecule has 0 amide bonds. The molecule has 0 saturated carbocycles. The number of hydrogen-bond donors (Lipinski definition) is 1. The van der Waals surface area contributed by atoms with Crippen molar-refractivity contribution < 1.29 is 14.6 Å². The molecule has 2 rings (SSSR count). The van der Waals surface area contributed by atoms with Crippen molar-refractivity contribution in [3.63, 3.8) is 0 Å². The van der Waals surface area contributed by atoms with Gasteiger partial charge in [0.05, 0.1) is 5.56 Å². The molecule has 0 aliphatic heterocycles. The van der Waals surface area contributed by atoms with Gasteiger partial charge in [0.25, 0.3) is 0 Å². The summed E-state index contributed by atoms with van der Waals surface area (Å²) in [6.07, 6.45) is 1.67. The van der Waals surface area contributed by atoms with E-state index in [1.165, 1.54) is 12.1 Å². The quantitative estimate of drug-likeness (QED) is 0.522. The predicted octanol–water partition coefficient (Wildman–Crippen LogP) is 3.65. The van der Waals surface area contributed by atoms with Crippen LogP contribution in [0, 0.1) is 4.91 Å². The minimum atomic E-state index is -0.683. The molecule has 2 aromatic carbocycles. The molecule has 0 atom stereocenters. The van der Waals surface area contributed by atoms with Crippen molar-refractivity contribution in [1.29, 1.82) is 0 Å². The lowest BCUT2D eigenvalue weighted by molar-refractivity contribution is 0.0734. The number of esters is 1. The zero-order chi connectivity index (χ0) is 14.5. The number of carbonyl (C=O) groups excluding carboxylic acids is 1. The number of nitroso groups, excluding NO2 is 1. The molecule has 0 heterocycles. The first-order valence-electron chi connectivity index (χ1n) is 5.74. The first-order chi connectivity index (χ1) is 9.62. The number of rotatable bonds is 4. The van der Waals surface area contributed by atoms with Crippen molar-refractivity contribution >= 4 is 17.7 Å². The summed E-state index contributed by atoms with van der Waals surface area (Å²) < 4.78 is 5.13. The Bertz CT molecular complexity index is 662. The fraction of sp³-hybridized carbons (Fsp3) is 0. The minimum absolute atomic E-state index is 0.0426. The maximum atomic E-state index is 11.9. The van der Waals surface area contributed by atoms with Gasteiger partial charge >= 0.3 is 5.97 Å². The highest BCUT2D eigenvalue weighted by atomic mass is 16.5. The molecule has 100 valence electrons. The third-order valence-corrected chi connectivity index (χ3v) is 2.57. The maximum absolute atomic E-state index is 11.9. The van der Waals surface area contributed by atoms with Crippen LogP contribution in [0.15, 0.2) is 54.2 Å². The van der Waals surface area contributed by atoms with Gasteiger partial charge in [-0.2, -0.15) is 0 Å². The number of carbonyl (C=O) groups is 1. The van der Waals surface area contributed by atoms with Crippen molar-refractivity contribution in [1.82, 2.24) is 0 Å². The van der Waals surface area contributed by atoms with E-state index in [1.807, 2.05) is 0 Å². The third-order valence-electron chi connectivity index (χ3n) is 2.57. The van der Waals surface area contributed by atoms with Gasteiger partial charge in [-0.25, -0.2) is 4.79 Å². The van der Waals surface area contributed by atoms with Crippen LogP contribution in [0.3, 0.4) is 0 Å². The molecule has 0 aromatic heterocycles. The minimum Gasteiger partial charge on any atom is -0.508 e. The fourth-order valence-corrected chi connectivity index (χ4v) is 1.60. The summed E-state index contributed by atoms with van der Waals surface area (Å²) in [5.74, 6) is -0.558. The topological polar surface area (TPSA) is 76.0 Å². The van der Waals surface area contributed by atoms with E-state index in [-0.39, 0.29) is 17.0 Å². The van der Waals surface area contributed by atoms with E-state index in [1.54, 1.807) is 30.3 Å². The Morgan fingerprint density at radius 1 is 1.20 bits per heavy atom. The van der Waals surface area contributed by atoms with Crippen LogP contribution in [0.1, 0.15) is 15.9 Å². The van der Waals surface area contributed by atoms with Gasteiger partial charge in [0.2, 0.25) is 0 Å². The molecule has 5 heteroatoms. The number of aromatic hydroxyl groups is 1. The molecule has 0 fully saturated rings. The van der Waals surface area contributed by atoms with Crippen LogP contribution in [-0.2, 0) is 0 Å². The van der Waals surface area contributed by atoms with Gasteiger partial charge < -0.3 is 9.84 Å². The van der Waals surface area contributed by atoms with E-state index in [0.29, 0.717) is 5.75 Å². The first kappa shape index (κ1) is 13.5. The summed E-state index contributed by atoms with van der Waals surface area (Å²) in [6, 6.07) is 10.3. The molecule has 0 unspecified atom stereocenters. The predicted molar refractivity (Wildman–Crippen MR) is 75.1 cm³/mol. The number of phenolic OH excluding ortho intramolecular Hbond substituents is 1. The van der Waals surface area contributed by atoms with Gasteiger partial charge in [0.1, 0.15) is 17.2 Å². The number of ether oxygens (including phenoxy) is 1. The molecular weight excluding hydrogens is 258 g/mol. The molecule has 2 aromatic rings. The van der Waals surface area contributed by atoms with Crippen molar-refractivity contribution in [2.24, 2.45) is 5.18 Å². The molecule has 0 aliphatic rings. The molecule has 1 N–H and O–H groups in total. The monoisotopic (exact) mass is 269 g/mol. The number of hydrogen-bond acceptors (Lipinski definition) is 5. The van der Waals surface area contributed by atoms with Gasteiger partial charge in [0, 0.05) is 6.07 Å². The van der Waals surface area contributed by atoms with E-state index in [0.717, 1.165) is 11.6 Å². The van der Waals surface area contributed by atoms with Crippen molar-refractivity contribution in [2.45, 2.75) is 0 Å². The molecule has 20 heavy (non-hydrogen) atoms. The molecule has 0 aliphatic carbocycles. The largest absolute Gasteiger partial charge is 0.508 e. The lowest BCUT2D eigenvalue weighted by atomic mass is 10.2. The van der Waals surface area contributed by atoms with E-state index in [2.05, 4.69) is 11.8 Å². The summed E-state index contributed by atoms with van der Waals surface area (Å²) >= 11 is 0. The second-order valence-electron chi connectivity index (χ2n) is 3.99. The van der Waals surface area contributed by atoms with Crippen LogP contribution in [-0.4, -0.2) is 11.1 Å². The Labute approximate surface area is 115 Å². The van der Waals surface area contributed by atoms with E-state index in [4.69, 9.17) is 4.74 Å². The van der Waals surface area contributed by atoms with E-state index >= 15 is 0 Å². The van der Waals surface area contributed by atoms with Crippen molar-refractivity contribution in [3.8, 4) is 11.5 Å². The average Bonchev–Trinajstić information content (AvgIpc) is 2.47. The SMILES string of the molecule is C=Cc1ccc(OC(=O)c2cc(O)cc(N=O)c2)cc1. The van der Waals surface area contributed by atoms with Crippen LogP contribution in [0.4, 0.5) is 5.69 Å². The maximum Gasteiger partial charge on any atom is 0.343 e. The highest BCUT2D eigenvalue weighted by Crippen LogP contribution is 2.23. The Morgan fingerprint density at radius 2 is 1.90 bits per heavy atom. The zero-order valence-corrected chi connectivity index (χ0v) is 10.4. The third kappa shape index (κ3) is 3.08. The molecule has 5 nitrogen and oxygen atoms in total. The summed E-state index contributed by atoms with van der Waals surface area (Å²) in [4.78, 5) is 22.3. The zero-order valence-electron chi connectivity index (χ0n) is 10.4. The Kier molecular flexibility index (Phi) is 3.91. The van der Waals surface area contributed by atoms with E-state index < -0.39 is 5.97 Å².